The summed E-state index contributed by atoms with van der Waals surface area (Å²) in [5.74, 6) is -0.522. The van der Waals surface area contributed by atoms with Crippen LogP contribution in [-0.4, -0.2) is 39.1 Å². The molecule has 0 aliphatic carbocycles. The van der Waals surface area contributed by atoms with Gasteiger partial charge < -0.3 is 5.11 Å². The highest BCUT2D eigenvalue weighted by Crippen LogP contribution is 2.20. The van der Waals surface area contributed by atoms with Crippen LogP contribution in [0.15, 0.2) is 89.1 Å². The molecule has 0 saturated heterocycles. The number of nitrogens with one attached hydrogen (secondary N) is 2. The summed E-state index contributed by atoms with van der Waals surface area (Å²) in [4.78, 5) is 23.7. The lowest BCUT2D eigenvalue weighted by Crippen LogP contribution is -2.34. The van der Waals surface area contributed by atoms with Crippen molar-refractivity contribution in [1.82, 2.24) is 15.6 Å². The number of aryl methyl sites for hydroxylation is 1. The fourth-order valence-electron chi connectivity index (χ4n) is 3.26. The van der Waals surface area contributed by atoms with Crippen LogP contribution >= 0.6 is 11.8 Å². The Kier molecular flexibility index (Phi) is 7.14. The number of carboxylic acids is 1. The number of carbonyl (C=O) groups excluding carboxylic acids is 1. The summed E-state index contributed by atoms with van der Waals surface area (Å²) in [7, 11) is 0. The van der Waals surface area contributed by atoms with Gasteiger partial charge in [0, 0.05) is 5.56 Å². The van der Waals surface area contributed by atoms with Crippen molar-refractivity contribution in [2.45, 2.75) is 12.1 Å². The number of aromatic amines is 1. The topological polar surface area (TPSA) is 111 Å². The van der Waals surface area contributed by atoms with Gasteiger partial charge >= 0.3 is 11.1 Å². The van der Waals surface area contributed by atoms with E-state index >= 15 is 0 Å². The molecule has 0 aliphatic heterocycles. The fourth-order valence-corrected chi connectivity index (χ4v) is 4.02. The molecule has 1 aromatic heterocycles. The van der Waals surface area contributed by atoms with E-state index in [1.165, 1.54) is 24.0 Å². The molecule has 0 fully saturated rings. The number of rotatable bonds is 8. The minimum absolute atomic E-state index is 0.0724. The number of thioether (sulfide) groups is 1. The Balaban J connectivity index is 1.49. The lowest BCUT2D eigenvalue weighted by molar-refractivity contribution is -0.625. The molecular weight excluding hydrogens is 450 g/mol. The number of para-hydroxylation sites is 1. The van der Waals surface area contributed by atoms with E-state index in [0.29, 0.717) is 10.7 Å². The molecule has 4 aromatic rings. The maximum absolute atomic E-state index is 12.4. The van der Waals surface area contributed by atoms with Gasteiger partial charge in [-0.1, -0.05) is 54.1 Å². The lowest BCUT2D eigenvalue weighted by atomic mass is 10.1. The molecule has 0 unspecified atom stereocenters. The molecule has 0 saturated carbocycles. The van der Waals surface area contributed by atoms with Crippen LogP contribution in [0.5, 0.6) is 0 Å². The van der Waals surface area contributed by atoms with Gasteiger partial charge in [-0.2, -0.15) is 9.67 Å². The first kappa shape index (κ1) is 22.9. The second-order valence-corrected chi connectivity index (χ2v) is 8.31. The van der Waals surface area contributed by atoms with E-state index in [4.69, 9.17) is 0 Å². The molecule has 1 heterocycles. The molecule has 0 bridgehead atoms. The lowest BCUT2D eigenvalue weighted by Gasteiger charge is -2.04. The number of carbonyl (C=O) groups is 2. The first-order valence-electron chi connectivity index (χ1n) is 10.4. The van der Waals surface area contributed by atoms with Crippen LogP contribution in [0, 0.1) is 6.92 Å². The average molecular weight is 473 g/mol. The van der Waals surface area contributed by atoms with Crippen LogP contribution in [0.4, 0.5) is 0 Å². The molecule has 34 heavy (non-hydrogen) atoms. The van der Waals surface area contributed by atoms with E-state index in [1.54, 1.807) is 18.2 Å². The molecule has 8 nitrogen and oxygen atoms in total. The van der Waals surface area contributed by atoms with Crippen molar-refractivity contribution in [2.75, 3.05) is 5.75 Å². The first-order valence-corrected chi connectivity index (χ1v) is 11.4. The van der Waals surface area contributed by atoms with E-state index < -0.39 is 5.97 Å². The van der Waals surface area contributed by atoms with Crippen molar-refractivity contribution in [3.8, 4) is 17.1 Å². The highest BCUT2D eigenvalue weighted by Gasteiger charge is 2.24. The normalized spacial score (nSPS) is 11.0. The second-order valence-electron chi connectivity index (χ2n) is 7.37. The number of amides is 1. The Labute approximate surface area is 200 Å². The molecule has 4 rings (SSSR count). The Morgan fingerprint density at radius 3 is 2.50 bits per heavy atom. The number of hydrazone groups is 1. The number of benzene rings is 3. The monoisotopic (exact) mass is 472 g/mol. The average Bonchev–Trinajstić information content (AvgIpc) is 3.28. The summed E-state index contributed by atoms with van der Waals surface area (Å²) >= 11 is 1.26. The van der Waals surface area contributed by atoms with Gasteiger partial charge in [0.2, 0.25) is 0 Å². The predicted molar refractivity (Wildman–Crippen MR) is 130 cm³/mol. The third-order valence-corrected chi connectivity index (χ3v) is 5.87. The highest BCUT2D eigenvalue weighted by atomic mass is 32.2. The van der Waals surface area contributed by atoms with Crippen molar-refractivity contribution < 1.29 is 19.3 Å². The van der Waals surface area contributed by atoms with Crippen LogP contribution in [0.3, 0.4) is 0 Å². The van der Waals surface area contributed by atoms with Gasteiger partial charge in [-0.05, 0) is 49.0 Å². The number of hydrogen-bond donors (Lipinski definition) is 3. The number of hydrogen-bond acceptors (Lipinski definition) is 5. The molecule has 0 radical (unpaired) electrons. The molecule has 0 spiro atoms. The summed E-state index contributed by atoms with van der Waals surface area (Å²) in [6.45, 7) is 2.03. The summed E-state index contributed by atoms with van der Waals surface area (Å²) < 4.78 is 1.97. The van der Waals surface area contributed by atoms with Crippen molar-refractivity contribution in [2.24, 2.45) is 5.10 Å². The van der Waals surface area contributed by atoms with Crippen LogP contribution < -0.4 is 9.99 Å². The summed E-state index contributed by atoms with van der Waals surface area (Å²) in [5, 5.41) is 21.3. The van der Waals surface area contributed by atoms with Crippen molar-refractivity contribution in [3.05, 3.63) is 95.6 Å². The number of aromatic nitrogens is 3. The number of carboxylic acid groups (broad SMARTS) is 1. The fraction of sp³-hybridized carbons (Fsp3) is 0.0800. The maximum atomic E-state index is 12.4. The van der Waals surface area contributed by atoms with E-state index in [1.807, 2.05) is 66.1 Å². The molecule has 3 aromatic carbocycles. The van der Waals surface area contributed by atoms with Gasteiger partial charge in [-0.3, -0.25) is 4.79 Å². The first-order chi connectivity index (χ1) is 16.5. The maximum Gasteiger partial charge on any atom is 0.342 e. The van der Waals surface area contributed by atoms with E-state index in [-0.39, 0.29) is 17.2 Å². The smallest absolute Gasteiger partial charge is 0.342 e. The Morgan fingerprint density at radius 2 is 1.76 bits per heavy atom. The third kappa shape index (κ3) is 5.38. The van der Waals surface area contributed by atoms with Crippen molar-refractivity contribution in [3.63, 3.8) is 0 Å². The van der Waals surface area contributed by atoms with E-state index in [9.17, 15) is 14.7 Å². The highest BCUT2D eigenvalue weighted by molar-refractivity contribution is 7.99. The minimum Gasteiger partial charge on any atom is -0.478 e. The second kappa shape index (κ2) is 10.6. The number of nitrogens with zero attached hydrogens (tertiary/aromatic N) is 3. The van der Waals surface area contributed by atoms with Crippen molar-refractivity contribution >= 4 is 29.9 Å². The van der Waals surface area contributed by atoms with Crippen LogP contribution in [0.2, 0.25) is 0 Å². The summed E-state index contributed by atoms with van der Waals surface area (Å²) in [6, 6.07) is 24.3. The van der Waals surface area contributed by atoms with Crippen LogP contribution in [-0.2, 0) is 4.79 Å². The van der Waals surface area contributed by atoms with Crippen molar-refractivity contribution in [1.29, 1.82) is 0 Å². The minimum atomic E-state index is -1.06. The van der Waals surface area contributed by atoms with Gasteiger partial charge in [0.25, 0.3) is 11.7 Å². The Bertz CT molecular complexity index is 1330. The molecule has 9 heteroatoms. The van der Waals surface area contributed by atoms with Gasteiger partial charge in [-0.25, -0.2) is 10.2 Å². The molecule has 1 amide bonds. The number of H-pyrrole nitrogens is 1. The van der Waals surface area contributed by atoms with Crippen LogP contribution in [0.25, 0.3) is 17.1 Å². The molecule has 3 N–H and O–H groups in total. The zero-order valence-electron chi connectivity index (χ0n) is 18.3. The zero-order chi connectivity index (χ0) is 23.9. The van der Waals surface area contributed by atoms with Gasteiger partial charge in [0.05, 0.1) is 28.2 Å². The predicted octanol–water partition coefficient (Wildman–Crippen LogP) is 3.60. The standard InChI is InChI=1S/C25H21N5O3S/c1-17-11-13-18(14-12-17)23-28-29-25(30(23)20-8-3-2-4-9-20)34-16-22(31)27-26-15-19-7-5-6-10-21(19)24(32)33/h2-15H,16H2,1H3,(H2,27,31,32,33)/p+1. The number of aromatic carboxylic acids is 1. The summed E-state index contributed by atoms with van der Waals surface area (Å²) in [6.07, 6.45) is 1.32. The van der Waals surface area contributed by atoms with Crippen LogP contribution in [0.1, 0.15) is 21.5 Å². The molecule has 170 valence electrons. The SMILES string of the molecule is Cc1ccc(-c2[nH]nc(SCC(=O)NN=Cc3ccccc3C(=O)O)[n+]2-c2ccccc2)cc1. The van der Waals surface area contributed by atoms with Gasteiger partial charge in [0.15, 0.2) is 0 Å². The zero-order valence-corrected chi connectivity index (χ0v) is 19.1. The molecule has 0 atom stereocenters. The Morgan fingerprint density at radius 1 is 1.06 bits per heavy atom. The third-order valence-electron chi connectivity index (χ3n) is 4.93. The van der Waals surface area contributed by atoms with E-state index in [2.05, 4.69) is 20.7 Å². The molecule has 0 aliphatic rings. The largest absolute Gasteiger partial charge is 0.478 e. The van der Waals surface area contributed by atoms with Gasteiger partial charge in [-0.15, -0.1) is 5.10 Å². The van der Waals surface area contributed by atoms with E-state index in [0.717, 1.165) is 22.6 Å². The molecular formula is C25H22N5O3S+. The van der Waals surface area contributed by atoms with Gasteiger partial charge in [0.1, 0.15) is 5.69 Å². The quantitative estimate of drug-likeness (QED) is 0.157. The summed E-state index contributed by atoms with van der Waals surface area (Å²) in [5.41, 5.74) is 6.00. The Hall–Kier alpha value is -4.24.